The van der Waals surface area contributed by atoms with Gasteiger partial charge in [0.25, 0.3) is 5.91 Å². The average Bonchev–Trinajstić information content (AvgIpc) is 3.08. The zero-order valence-corrected chi connectivity index (χ0v) is 14.9. The first-order valence-corrected chi connectivity index (χ1v) is 9.28. The zero-order chi connectivity index (χ0) is 18.0. The number of para-hydroxylation sites is 1. The fraction of sp³-hybridized carbons (Fsp3) is 0. The van der Waals surface area contributed by atoms with Crippen LogP contribution >= 0.6 is 23.2 Å². The van der Waals surface area contributed by atoms with Crippen LogP contribution in [0.5, 0.6) is 0 Å². The monoisotopic (exact) mass is 395 g/mol. The maximum Gasteiger partial charge on any atom is 0.291 e. The predicted octanol–water partition coefficient (Wildman–Crippen LogP) is 4.67. The van der Waals surface area contributed by atoms with Crippen molar-refractivity contribution in [3.63, 3.8) is 0 Å². The SMILES string of the molecule is O=C(Nc1ccccc1Cl)c1ccc(S(=O)(=O)c2ccc(Cl)cc2)o1. The lowest BCUT2D eigenvalue weighted by molar-refractivity contribution is 0.0991. The van der Waals surface area contributed by atoms with Crippen molar-refractivity contribution in [1.29, 1.82) is 0 Å². The molecule has 3 aromatic rings. The van der Waals surface area contributed by atoms with Crippen LogP contribution < -0.4 is 5.32 Å². The van der Waals surface area contributed by atoms with Crippen molar-refractivity contribution in [2.45, 2.75) is 9.99 Å². The third kappa shape index (κ3) is 3.71. The van der Waals surface area contributed by atoms with Gasteiger partial charge in [-0.05, 0) is 48.5 Å². The summed E-state index contributed by atoms with van der Waals surface area (Å²) >= 11 is 11.7. The van der Waals surface area contributed by atoms with Crippen LogP contribution in [0.3, 0.4) is 0 Å². The van der Waals surface area contributed by atoms with E-state index in [-0.39, 0.29) is 15.7 Å². The first kappa shape index (κ1) is 17.5. The topological polar surface area (TPSA) is 76.4 Å². The second-order valence-corrected chi connectivity index (χ2v) is 7.73. The van der Waals surface area contributed by atoms with Gasteiger partial charge in [0.2, 0.25) is 14.9 Å². The van der Waals surface area contributed by atoms with E-state index < -0.39 is 15.7 Å². The molecule has 0 saturated carbocycles. The van der Waals surface area contributed by atoms with E-state index in [2.05, 4.69) is 5.32 Å². The molecule has 0 spiro atoms. The van der Waals surface area contributed by atoms with Gasteiger partial charge in [0.15, 0.2) is 5.76 Å². The van der Waals surface area contributed by atoms with Gasteiger partial charge in [-0.25, -0.2) is 8.42 Å². The van der Waals surface area contributed by atoms with Crippen molar-refractivity contribution in [3.8, 4) is 0 Å². The first-order chi connectivity index (χ1) is 11.9. The normalized spacial score (nSPS) is 11.3. The summed E-state index contributed by atoms with van der Waals surface area (Å²) in [5.41, 5.74) is 0.396. The standard InChI is InChI=1S/C17H11Cl2NO4S/c18-11-5-7-12(8-6-11)25(22,23)16-10-9-15(24-16)17(21)20-14-4-2-1-3-13(14)19/h1-10H,(H,20,21). The molecular formula is C17H11Cl2NO4S. The summed E-state index contributed by atoms with van der Waals surface area (Å²) in [7, 11) is -3.88. The van der Waals surface area contributed by atoms with Crippen molar-refractivity contribution >= 4 is 44.6 Å². The molecule has 5 nitrogen and oxygen atoms in total. The summed E-state index contributed by atoms with van der Waals surface area (Å²) in [6.07, 6.45) is 0. The van der Waals surface area contributed by atoms with Crippen LogP contribution in [0.2, 0.25) is 10.0 Å². The van der Waals surface area contributed by atoms with Crippen molar-refractivity contribution < 1.29 is 17.6 Å². The van der Waals surface area contributed by atoms with Gasteiger partial charge in [-0.2, -0.15) is 0 Å². The van der Waals surface area contributed by atoms with Gasteiger partial charge in [-0.1, -0.05) is 35.3 Å². The number of rotatable bonds is 4. The van der Waals surface area contributed by atoms with Crippen LogP contribution in [0.25, 0.3) is 0 Å². The average molecular weight is 396 g/mol. The van der Waals surface area contributed by atoms with Gasteiger partial charge in [-0.15, -0.1) is 0 Å². The third-order valence-corrected chi connectivity index (χ3v) is 5.54. The molecule has 25 heavy (non-hydrogen) atoms. The number of halogens is 2. The molecule has 0 aliphatic heterocycles. The highest BCUT2D eigenvalue weighted by Gasteiger charge is 2.23. The molecule has 0 radical (unpaired) electrons. The van der Waals surface area contributed by atoms with Gasteiger partial charge in [0, 0.05) is 5.02 Å². The van der Waals surface area contributed by atoms with Crippen molar-refractivity contribution in [2.24, 2.45) is 0 Å². The minimum atomic E-state index is -3.88. The minimum Gasteiger partial charge on any atom is -0.439 e. The Labute approximate surface area is 154 Å². The fourth-order valence-corrected chi connectivity index (χ4v) is 3.55. The molecule has 0 unspecified atom stereocenters. The second kappa shape index (κ2) is 6.92. The fourth-order valence-electron chi connectivity index (χ4n) is 2.06. The lowest BCUT2D eigenvalue weighted by atomic mass is 10.3. The van der Waals surface area contributed by atoms with E-state index in [1.54, 1.807) is 24.3 Å². The first-order valence-electron chi connectivity index (χ1n) is 7.04. The predicted molar refractivity (Wildman–Crippen MR) is 95.0 cm³/mol. The zero-order valence-electron chi connectivity index (χ0n) is 12.6. The molecule has 1 amide bonds. The highest BCUT2D eigenvalue weighted by molar-refractivity contribution is 7.91. The molecule has 128 valence electrons. The second-order valence-electron chi connectivity index (χ2n) is 5.01. The van der Waals surface area contributed by atoms with E-state index in [1.165, 1.54) is 36.4 Å². The van der Waals surface area contributed by atoms with E-state index in [0.717, 1.165) is 0 Å². The van der Waals surface area contributed by atoms with Crippen LogP contribution in [-0.2, 0) is 9.84 Å². The molecule has 0 fully saturated rings. The number of anilines is 1. The summed E-state index contributed by atoms with van der Waals surface area (Å²) in [4.78, 5) is 12.2. The number of benzene rings is 2. The highest BCUT2D eigenvalue weighted by Crippen LogP contribution is 2.25. The smallest absolute Gasteiger partial charge is 0.291 e. The molecule has 1 N–H and O–H groups in total. The number of amides is 1. The summed E-state index contributed by atoms with van der Waals surface area (Å²) in [6.45, 7) is 0. The van der Waals surface area contributed by atoms with Gasteiger partial charge in [-0.3, -0.25) is 4.79 Å². The van der Waals surface area contributed by atoms with Crippen LogP contribution in [0.4, 0.5) is 5.69 Å². The van der Waals surface area contributed by atoms with E-state index in [1.807, 2.05) is 0 Å². The molecule has 3 rings (SSSR count). The largest absolute Gasteiger partial charge is 0.439 e. The Morgan fingerprint density at radius 2 is 1.60 bits per heavy atom. The van der Waals surface area contributed by atoms with Gasteiger partial charge >= 0.3 is 0 Å². The lowest BCUT2D eigenvalue weighted by Gasteiger charge is -2.05. The molecule has 0 saturated heterocycles. The van der Waals surface area contributed by atoms with Crippen molar-refractivity contribution in [2.75, 3.05) is 5.32 Å². The van der Waals surface area contributed by atoms with Gasteiger partial charge in [0.1, 0.15) is 0 Å². The number of sulfone groups is 1. The van der Waals surface area contributed by atoms with E-state index in [0.29, 0.717) is 15.7 Å². The van der Waals surface area contributed by atoms with Crippen LogP contribution in [0.1, 0.15) is 10.6 Å². The Balaban J connectivity index is 1.85. The molecule has 1 aromatic heterocycles. The van der Waals surface area contributed by atoms with E-state index in [4.69, 9.17) is 27.6 Å². The van der Waals surface area contributed by atoms with Crippen LogP contribution in [0.15, 0.2) is 75.1 Å². The van der Waals surface area contributed by atoms with Crippen LogP contribution in [0, 0.1) is 0 Å². The number of nitrogens with one attached hydrogen (secondary N) is 1. The Kier molecular flexibility index (Phi) is 4.85. The molecule has 8 heteroatoms. The minimum absolute atomic E-state index is 0.0179. The number of furan rings is 1. The lowest BCUT2D eigenvalue weighted by Crippen LogP contribution is -2.11. The Morgan fingerprint density at radius 1 is 0.920 bits per heavy atom. The molecule has 0 atom stereocenters. The highest BCUT2D eigenvalue weighted by atomic mass is 35.5. The molecule has 0 aliphatic carbocycles. The quantitative estimate of drug-likeness (QED) is 0.695. The molecular weight excluding hydrogens is 385 g/mol. The summed E-state index contributed by atoms with van der Waals surface area (Å²) in [6, 6.07) is 14.8. The van der Waals surface area contributed by atoms with Gasteiger partial charge in [0.05, 0.1) is 15.6 Å². The number of hydrogen-bond donors (Lipinski definition) is 1. The number of carbonyl (C=O) groups is 1. The van der Waals surface area contributed by atoms with Crippen LogP contribution in [-0.4, -0.2) is 14.3 Å². The summed E-state index contributed by atoms with van der Waals surface area (Å²) in [5.74, 6) is -0.752. The van der Waals surface area contributed by atoms with E-state index in [9.17, 15) is 13.2 Å². The molecule has 2 aromatic carbocycles. The summed E-state index contributed by atoms with van der Waals surface area (Å²) in [5, 5.41) is 3.00. The van der Waals surface area contributed by atoms with Crippen molar-refractivity contribution in [3.05, 3.63) is 76.5 Å². The van der Waals surface area contributed by atoms with Crippen molar-refractivity contribution in [1.82, 2.24) is 0 Å². The number of carbonyl (C=O) groups excluding carboxylic acids is 1. The van der Waals surface area contributed by atoms with Gasteiger partial charge < -0.3 is 9.73 Å². The summed E-state index contributed by atoms with van der Waals surface area (Å²) < 4.78 is 30.2. The maximum atomic E-state index is 12.5. The maximum absolute atomic E-state index is 12.5. The molecule has 0 aliphatic rings. The number of hydrogen-bond acceptors (Lipinski definition) is 4. The molecule has 1 heterocycles. The Bertz CT molecular complexity index is 1030. The Morgan fingerprint density at radius 3 is 2.28 bits per heavy atom. The van der Waals surface area contributed by atoms with E-state index >= 15 is 0 Å². The third-order valence-electron chi connectivity index (χ3n) is 3.32. The Hall–Kier alpha value is -2.28. The molecule has 0 bridgehead atoms.